The van der Waals surface area contributed by atoms with Gasteiger partial charge in [0.15, 0.2) is 0 Å². The van der Waals surface area contributed by atoms with Gasteiger partial charge in [0, 0.05) is 17.3 Å². The Balaban J connectivity index is 1.89. The summed E-state index contributed by atoms with van der Waals surface area (Å²) in [5.74, 6) is -0.506. The van der Waals surface area contributed by atoms with Crippen molar-refractivity contribution in [3.8, 4) is 11.3 Å². The molecule has 0 saturated heterocycles. The fourth-order valence-electron chi connectivity index (χ4n) is 2.04. The molecule has 0 unspecified atom stereocenters. The number of rotatable bonds is 3. The molecule has 0 spiro atoms. The van der Waals surface area contributed by atoms with Gasteiger partial charge in [-0.2, -0.15) is 13.2 Å². The lowest BCUT2D eigenvalue weighted by Gasteiger charge is -2.09. The predicted molar refractivity (Wildman–Crippen MR) is 79.1 cm³/mol. The molecule has 2 heterocycles. The van der Waals surface area contributed by atoms with Gasteiger partial charge in [-0.15, -0.1) is 0 Å². The fraction of sp³-hybridized carbons (Fsp3) is 0.0625. The van der Waals surface area contributed by atoms with Crippen molar-refractivity contribution in [2.24, 2.45) is 0 Å². The van der Waals surface area contributed by atoms with Crippen LogP contribution >= 0.6 is 0 Å². The van der Waals surface area contributed by atoms with E-state index in [1.807, 2.05) is 0 Å². The summed E-state index contributed by atoms with van der Waals surface area (Å²) in [5.41, 5.74) is -0.0520. The van der Waals surface area contributed by atoms with Crippen molar-refractivity contribution in [2.45, 2.75) is 6.18 Å². The van der Waals surface area contributed by atoms with Gasteiger partial charge in [-0.3, -0.25) is 15.1 Å². The van der Waals surface area contributed by atoms with E-state index >= 15 is 0 Å². The zero-order chi connectivity index (χ0) is 17.2. The number of hydrogen-bond acceptors (Lipinski definition) is 4. The maximum absolute atomic E-state index is 12.8. The Morgan fingerprint density at radius 1 is 1.08 bits per heavy atom. The van der Waals surface area contributed by atoms with Gasteiger partial charge in [0.25, 0.3) is 5.91 Å². The summed E-state index contributed by atoms with van der Waals surface area (Å²) >= 11 is 0. The Morgan fingerprint density at radius 2 is 1.92 bits per heavy atom. The van der Waals surface area contributed by atoms with Crippen LogP contribution in [0.1, 0.15) is 15.9 Å². The topological polar surface area (TPSA) is 68.0 Å². The van der Waals surface area contributed by atoms with Crippen molar-refractivity contribution in [1.29, 1.82) is 0 Å². The average Bonchev–Trinajstić information content (AvgIpc) is 3.07. The molecule has 24 heavy (non-hydrogen) atoms. The number of hydrogen-bond donors (Lipinski definition) is 1. The molecule has 1 aromatic carbocycles. The Hall–Kier alpha value is -3.16. The third-order valence-corrected chi connectivity index (χ3v) is 3.16. The summed E-state index contributed by atoms with van der Waals surface area (Å²) in [4.78, 5) is 19.9. The van der Waals surface area contributed by atoms with Crippen molar-refractivity contribution in [3.05, 3.63) is 66.2 Å². The highest BCUT2D eigenvalue weighted by Gasteiger charge is 2.30. The number of anilines is 1. The van der Waals surface area contributed by atoms with Crippen LogP contribution in [-0.2, 0) is 6.18 Å². The van der Waals surface area contributed by atoms with Crippen LogP contribution in [0, 0.1) is 0 Å². The zero-order valence-corrected chi connectivity index (χ0v) is 12.0. The number of nitrogens with zero attached hydrogens (tertiary/aromatic N) is 2. The summed E-state index contributed by atoms with van der Waals surface area (Å²) in [7, 11) is 0. The van der Waals surface area contributed by atoms with E-state index in [-0.39, 0.29) is 22.8 Å². The van der Waals surface area contributed by atoms with Crippen LogP contribution in [-0.4, -0.2) is 15.9 Å². The van der Waals surface area contributed by atoms with Crippen molar-refractivity contribution in [2.75, 3.05) is 5.32 Å². The number of nitrogens with one attached hydrogen (secondary N) is 1. The number of amides is 1. The van der Waals surface area contributed by atoms with Crippen LogP contribution in [0.2, 0.25) is 0 Å². The quantitative estimate of drug-likeness (QED) is 0.786. The monoisotopic (exact) mass is 333 g/mol. The second-order valence-corrected chi connectivity index (χ2v) is 4.80. The van der Waals surface area contributed by atoms with Crippen LogP contribution in [0.5, 0.6) is 0 Å². The van der Waals surface area contributed by atoms with Gasteiger partial charge >= 0.3 is 12.2 Å². The number of halogens is 3. The highest BCUT2D eigenvalue weighted by atomic mass is 19.4. The first kappa shape index (κ1) is 15.7. The smallest absolute Gasteiger partial charge is 0.416 e. The molecular weight excluding hydrogens is 323 g/mol. The van der Waals surface area contributed by atoms with Crippen LogP contribution in [0.15, 0.2) is 59.5 Å². The molecule has 1 amide bonds. The lowest BCUT2D eigenvalue weighted by atomic mass is 10.1. The Kier molecular flexibility index (Phi) is 4.03. The number of carbonyl (C=O) groups excluding carboxylic acids is 1. The number of benzene rings is 1. The minimum absolute atomic E-state index is 0.0254. The van der Waals surface area contributed by atoms with E-state index in [0.717, 1.165) is 12.1 Å². The van der Waals surface area contributed by atoms with E-state index in [1.54, 1.807) is 0 Å². The fourth-order valence-corrected chi connectivity index (χ4v) is 2.04. The number of alkyl halides is 3. The second kappa shape index (κ2) is 6.15. The lowest BCUT2D eigenvalue weighted by Crippen LogP contribution is -2.12. The van der Waals surface area contributed by atoms with Crippen LogP contribution < -0.4 is 5.32 Å². The first-order valence-electron chi connectivity index (χ1n) is 6.78. The van der Waals surface area contributed by atoms with E-state index in [0.29, 0.717) is 0 Å². The lowest BCUT2D eigenvalue weighted by molar-refractivity contribution is -0.137. The van der Waals surface area contributed by atoms with Gasteiger partial charge in [-0.1, -0.05) is 12.1 Å². The Bertz CT molecular complexity index is 861. The third kappa shape index (κ3) is 3.43. The maximum Gasteiger partial charge on any atom is 0.416 e. The van der Waals surface area contributed by atoms with Crippen molar-refractivity contribution < 1.29 is 22.4 Å². The number of aromatic nitrogens is 2. The largest absolute Gasteiger partial charge is 0.432 e. The summed E-state index contributed by atoms with van der Waals surface area (Å²) < 4.78 is 43.3. The van der Waals surface area contributed by atoms with E-state index < -0.39 is 17.6 Å². The minimum atomic E-state index is -4.45. The molecule has 2 aromatic heterocycles. The van der Waals surface area contributed by atoms with E-state index in [9.17, 15) is 18.0 Å². The average molecular weight is 333 g/mol. The molecule has 0 aliphatic heterocycles. The molecule has 0 atom stereocenters. The van der Waals surface area contributed by atoms with Gasteiger partial charge < -0.3 is 4.42 Å². The highest BCUT2D eigenvalue weighted by molar-refractivity contribution is 6.03. The summed E-state index contributed by atoms with van der Waals surface area (Å²) in [5, 5.41) is 2.43. The molecule has 0 fully saturated rings. The van der Waals surface area contributed by atoms with Gasteiger partial charge in [0.2, 0.25) is 0 Å². The van der Waals surface area contributed by atoms with Crippen molar-refractivity contribution >= 4 is 11.9 Å². The molecule has 3 aromatic rings. The molecule has 0 saturated carbocycles. The molecular formula is C16H10F3N3O2. The molecule has 8 heteroatoms. The number of carbonyl (C=O) groups is 1. The van der Waals surface area contributed by atoms with Crippen molar-refractivity contribution in [3.63, 3.8) is 0 Å². The first-order chi connectivity index (χ1) is 11.4. The van der Waals surface area contributed by atoms with Crippen molar-refractivity contribution in [1.82, 2.24) is 9.97 Å². The Morgan fingerprint density at radius 3 is 2.62 bits per heavy atom. The Labute approximate surface area is 134 Å². The maximum atomic E-state index is 12.8. The standard InChI is InChI=1S/C16H10F3N3O2/c17-16(18,19)12-3-1-2-10(8-12)13-9-11(4-5-20-13)14(23)22-15-21-6-7-24-15/h1-9H,(H,21,22,23). The first-order valence-corrected chi connectivity index (χ1v) is 6.78. The molecule has 1 N–H and O–H groups in total. The molecule has 0 bridgehead atoms. The van der Waals surface area contributed by atoms with Crippen LogP contribution in [0.25, 0.3) is 11.3 Å². The molecule has 122 valence electrons. The summed E-state index contributed by atoms with van der Waals surface area (Å²) in [6.45, 7) is 0. The molecule has 5 nitrogen and oxygen atoms in total. The molecule has 0 aliphatic rings. The van der Waals surface area contributed by atoms with Gasteiger partial charge in [0.1, 0.15) is 6.26 Å². The normalized spacial score (nSPS) is 11.3. The van der Waals surface area contributed by atoms with Gasteiger partial charge in [-0.05, 0) is 24.3 Å². The molecule has 0 aliphatic carbocycles. The zero-order valence-electron chi connectivity index (χ0n) is 12.0. The van der Waals surface area contributed by atoms with E-state index in [2.05, 4.69) is 15.3 Å². The number of pyridine rings is 1. The van der Waals surface area contributed by atoms with E-state index in [4.69, 9.17) is 4.42 Å². The van der Waals surface area contributed by atoms with E-state index in [1.165, 1.54) is 42.9 Å². The van der Waals surface area contributed by atoms with Gasteiger partial charge in [-0.25, -0.2) is 4.98 Å². The SMILES string of the molecule is O=C(Nc1ncco1)c1ccnc(-c2cccc(C(F)(F)F)c2)c1. The second-order valence-electron chi connectivity index (χ2n) is 4.80. The summed E-state index contributed by atoms with van der Waals surface area (Å²) in [6.07, 6.45) is -0.428. The summed E-state index contributed by atoms with van der Waals surface area (Å²) in [6, 6.07) is 7.61. The predicted octanol–water partition coefficient (Wildman–Crippen LogP) is 4.01. The highest BCUT2D eigenvalue weighted by Crippen LogP contribution is 2.31. The number of oxazole rings is 1. The third-order valence-electron chi connectivity index (χ3n) is 3.16. The minimum Gasteiger partial charge on any atom is -0.432 e. The van der Waals surface area contributed by atoms with Crippen LogP contribution in [0.4, 0.5) is 19.2 Å². The van der Waals surface area contributed by atoms with Crippen LogP contribution in [0.3, 0.4) is 0 Å². The molecule has 0 radical (unpaired) electrons. The molecule has 3 rings (SSSR count). The van der Waals surface area contributed by atoms with Gasteiger partial charge in [0.05, 0.1) is 17.5 Å².